The molecule has 0 unspecified atom stereocenters. The van der Waals surface area contributed by atoms with Crippen molar-refractivity contribution in [1.82, 2.24) is 4.98 Å². The molecule has 2 N–H and O–H groups in total. The Morgan fingerprint density at radius 1 is 1.00 bits per heavy atom. The summed E-state index contributed by atoms with van der Waals surface area (Å²) in [5, 5.41) is 5.47. The van der Waals surface area contributed by atoms with Crippen molar-refractivity contribution < 1.29 is 9.59 Å². The number of carbonyl (C=O) groups is 2. The van der Waals surface area contributed by atoms with E-state index in [1.807, 2.05) is 6.92 Å². The first-order valence-electron chi connectivity index (χ1n) is 6.16. The van der Waals surface area contributed by atoms with Crippen molar-refractivity contribution in [3.63, 3.8) is 0 Å². The number of nitrogens with one attached hydrogen (secondary N) is 2. The van der Waals surface area contributed by atoms with E-state index in [0.717, 1.165) is 5.56 Å². The standard InChI is InChI=1S/C15H15N3O2/c1-10-9-16-8-7-14(10)15(20)18-13-5-3-12(4-6-13)17-11(2)19/h3-9H,1-2H3,(H,17,19)(H,18,20). The number of amides is 2. The predicted octanol–water partition coefficient (Wildman–Crippen LogP) is 2.60. The molecule has 0 saturated carbocycles. The molecule has 0 fully saturated rings. The van der Waals surface area contributed by atoms with Gasteiger partial charge < -0.3 is 10.6 Å². The fourth-order valence-corrected chi connectivity index (χ4v) is 1.77. The molecule has 1 aromatic carbocycles. The summed E-state index contributed by atoms with van der Waals surface area (Å²) in [6.45, 7) is 3.28. The third-order valence-corrected chi connectivity index (χ3v) is 2.73. The van der Waals surface area contributed by atoms with Crippen LogP contribution in [0.4, 0.5) is 11.4 Å². The van der Waals surface area contributed by atoms with Crippen LogP contribution in [0.5, 0.6) is 0 Å². The van der Waals surface area contributed by atoms with E-state index >= 15 is 0 Å². The summed E-state index contributed by atoms with van der Waals surface area (Å²) in [5.41, 5.74) is 2.77. The molecule has 0 saturated heterocycles. The summed E-state index contributed by atoms with van der Waals surface area (Å²) >= 11 is 0. The lowest BCUT2D eigenvalue weighted by Crippen LogP contribution is -2.13. The van der Waals surface area contributed by atoms with Crippen molar-refractivity contribution in [3.8, 4) is 0 Å². The summed E-state index contributed by atoms with van der Waals surface area (Å²) in [6.07, 6.45) is 3.23. The molecule has 1 heterocycles. The van der Waals surface area contributed by atoms with Gasteiger partial charge in [-0.25, -0.2) is 0 Å². The molecule has 0 aliphatic carbocycles. The predicted molar refractivity (Wildman–Crippen MR) is 77.7 cm³/mol. The first-order valence-corrected chi connectivity index (χ1v) is 6.16. The van der Waals surface area contributed by atoms with Crippen LogP contribution in [0.2, 0.25) is 0 Å². The van der Waals surface area contributed by atoms with Crippen molar-refractivity contribution in [2.24, 2.45) is 0 Å². The molecule has 2 rings (SSSR count). The van der Waals surface area contributed by atoms with Gasteiger partial charge >= 0.3 is 0 Å². The van der Waals surface area contributed by atoms with E-state index in [1.165, 1.54) is 6.92 Å². The summed E-state index contributed by atoms with van der Waals surface area (Å²) < 4.78 is 0. The van der Waals surface area contributed by atoms with Crippen LogP contribution in [-0.4, -0.2) is 16.8 Å². The minimum atomic E-state index is -0.183. The number of hydrogen-bond donors (Lipinski definition) is 2. The fourth-order valence-electron chi connectivity index (χ4n) is 1.77. The molecule has 102 valence electrons. The molecule has 2 aromatic rings. The summed E-state index contributed by atoms with van der Waals surface area (Å²) in [6, 6.07) is 8.61. The van der Waals surface area contributed by atoms with Gasteiger partial charge in [0.2, 0.25) is 5.91 Å². The number of carbonyl (C=O) groups excluding carboxylic acids is 2. The second-order valence-electron chi connectivity index (χ2n) is 4.40. The Morgan fingerprint density at radius 3 is 2.15 bits per heavy atom. The van der Waals surface area contributed by atoms with E-state index in [-0.39, 0.29) is 11.8 Å². The zero-order chi connectivity index (χ0) is 14.5. The smallest absolute Gasteiger partial charge is 0.256 e. The molecule has 0 aliphatic heterocycles. The Labute approximate surface area is 117 Å². The first kappa shape index (κ1) is 13.7. The molecule has 2 amide bonds. The molecule has 5 nitrogen and oxygen atoms in total. The number of nitrogens with zero attached hydrogens (tertiary/aromatic N) is 1. The number of benzene rings is 1. The van der Waals surface area contributed by atoms with E-state index in [1.54, 1.807) is 42.7 Å². The molecular weight excluding hydrogens is 254 g/mol. The van der Waals surface area contributed by atoms with Crippen molar-refractivity contribution in [2.45, 2.75) is 13.8 Å². The Kier molecular flexibility index (Phi) is 4.10. The van der Waals surface area contributed by atoms with Gasteiger partial charge in [0.1, 0.15) is 0 Å². The fraction of sp³-hybridized carbons (Fsp3) is 0.133. The van der Waals surface area contributed by atoms with Gasteiger partial charge in [-0.2, -0.15) is 0 Å². The minimum Gasteiger partial charge on any atom is -0.326 e. The molecule has 0 aliphatic rings. The lowest BCUT2D eigenvalue weighted by atomic mass is 10.1. The van der Waals surface area contributed by atoms with E-state index in [2.05, 4.69) is 15.6 Å². The number of rotatable bonds is 3. The topological polar surface area (TPSA) is 71.1 Å². The number of anilines is 2. The van der Waals surface area contributed by atoms with Gasteiger partial charge in [-0.05, 0) is 42.8 Å². The first-order chi connectivity index (χ1) is 9.56. The van der Waals surface area contributed by atoms with E-state index < -0.39 is 0 Å². The van der Waals surface area contributed by atoms with Gasteiger partial charge in [0.05, 0.1) is 0 Å². The van der Waals surface area contributed by atoms with Crippen LogP contribution >= 0.6 is 0 Å². The molecule has 5 heteroatoms. The third-order valence-electron chi connectivity index (χ3n) is 2.73. The van der Waals surface area contributed by atoms with Gasteiger partial charge in [-0.1, -0.05) is 0 Å². The molecular formula is C15H15N3O2. The van der Waals surface area contributed by atoms with Crippen LogP contribution in [0, 0.1) is 6.92 Å². The van der Waals surface area contributed by atoms with Crippen LogP contribution in [-0.2, 0) is 4.79 Å². The van der Waals surface area contributed by atoms with Gasteiger partial charge in [-0.15, -0.1) is 0 Å². The average molecular weight is 269 g/mol. The second-order valence-corrected chi connectivity index (χ2v) is 4.40. The summed E-state index contributed by atoms with van der Waals surface area (Å²) in [7, 11) is 0. The summed E-state index contributed by atoms with van der Waals surface area (Å²) in [5.74, 6) is -0.314. The highest BCUT2D eigenvalue weighted by molar-refractivity contribution is 6.05. The molecule has 0 atom stereocenters. The van der Waals surface area contributed by atoms with Crippen LogP contribution in [0.3, 0.4) is 0 Å². The summed E-state index contributed by atoms with van der Waals surface area (Å²) in [4.78, 5) is 27.0. The maximum atomic E-state index is 12.1. The van der Waals surface area contributed by atoms with Crippen LogP contribution in [0.25, 0.3) is 0 Å². The molecule has 0 radical (unpaired) electrons. The Hall–Kier alpha value is -2.69. The normalized spacial score (nSPS) is 9.90. The van der Waals surface area contributed by atoms with Crippen molar-refractivity contribution in [3.05, 3.63) is 53.9 Å². The average Bonchev–Trinajstić information content (AvgIpc) is 2.41. The highest BCUT2D eigenvalue weighted by atomic mass is 16.2. The van der Waals surface area contributed by atoms with Crippen molar-refractivity contribution in [2.75, 3.05) is 10.6 Å². The van der Waals surface area contributed by atoms with Crippen LogP contribution < -0.4 is 10.6 Å². The van der Waals surface area contributed by atoms with Gasteiger partial charge in [0, 0.05) is 36.3 Å². The second kappa shape index (κ2) is 5.97. The quantitative estimate of drug-likeness (QED) is 0.899. The van der Waals surface area contributed by atoms with Gasteiger partial charge in [0.25, 0.3) is 5.91 Å². The van der Waals surface area contributed by atoms with E-state index in [9.17, 15) is 9.59 Å². The number of aryl methyl sites for hydroxylation is 1. The highest BCUT2D eigenvalue weighted by Gasteiger charge is 2.08. The Morgan fingerprint density at radius 2 is 1.60 bits per heavy atom. The van der Waals surface area contributed by atoms with Crippen molar-refractivity contribution in [1.29, 1.82) is 0 Å². The Balaban J connectivity index is 2.09. The maximum absolute atomic E-state index is 12.1. The van der Waals surface area contributed by atoms with Crippen LogP contribution in [0.1, 0.15) is 22.8 Å². The molecule has 0 spiro atoms. The number of pyridine rings is 1. The minimum absolute atomic E-state index is 0.130. The number of aromatic nitrogens is 1. The molecule has 20 heavy (non-hydrogen) atoms. The monoisotopic (exact) mass is 269 g/mol. The van der Waals surface area contributed by atoms with E-state index in [0.29, 0.717) is 16.9 Å². The zero-order valence-corrected chi connectivity index (χ0v) is 11.3. The van der Waals surface area contributed by atoms with E-state index in [4.69, 9.17) is 0 Å². The van der Waals surface area contributed by atoms with Crippen LogP contribution in [0.15, 0.2) is 42.7 Å². The molecule has 0 bridgehead atoms. The maximum Gasteiger partial charge on any atom is 0.256 e. The SMILES string of the molecule is CC(=O)Nc1ccc(NC(=O)c2ccncc2C)cc1. The number of hydrogen-bond acceptors (Lipinski definition) is 3. The lowest BCUT2D eigenvalue weighted by Gasteiger charge is -2.08. The van der Waals surface area contributed by atoms with Gasteiger partial charge in [-0.3, -0.25) is 14.6 Å². The zero-order valence-electron chi connectivity index (χ0n) is 11.3. The largest absolute Gasteiger partial charge is 0.326 e. The highest BCUT2D eigenvalue weighted by Crippen LogP contribution is 2.15. The third kappa shape index (κ3) is 3.41. The molecule has 1 aromatic heterocycles. The van der Waals surface area contributed by atoms with Gasteiger partial charge in [0.15, 0.2) is 0 Å². The Bertz CT molecular complexity index is 636. The lowest BCUT2D eigenvalue weighted by molar-refractivity contribution is -0.114. The van der Waals surface area contributed by atoms with Crippen molar-refractivity contribution >= 4 is 23.2 Å².